The SMILES string of the molecule is Cc1ccc(N2CCCc3ccccc3C2)c(CCl)c1. The van der Waals surface area contributed by atoms with Crippen LogP contribution in [0.15, 0.2) is 42.5 Å². The van der Waals surface area contributed by atoms with Crippen LogP contribution >= 0.6 is 11.6 Å². The summed E-state index contributed by atoms with van der Waals surface area (Å²) in [5, 5.41) is 0. The van der Waals surface area contributed by atoms with Crippen LogP contribution in [-0.2, 0) is 18.8 Å². The first kappa shape index (κ1) is 13.5. The molecule has 1 aliphatic heterocycles. The zero-order valence-corrected chi connectivity index (χ0v) is 12.7. The number of hydrogen-bond acceptors (Lipinski definition) is 1. The average Bonchev–Trinajstić information content (AvgIpc) is 2.69. The van der Waals surface area contributed by atoms with Gasteiger partial charge in [0.15, 0.2) is 0 Å². The van der Waals surface area contributed by atoms with Gasteiger partial charge in [0.25, 0.3) is 0 Å². The van der Waals surface area contributed by atoms with Gasteiger partial charge in [0.05, 0.1) is 0 Å². The molecule has 2 aromatic carbocycles. The largest absolute Gasteiger partial charge is 0.367 e. The molecule has 0 spiro atoms. The van der Waals surface area contributed by atoms with Crippen molar-refractivity contribution < 1.29 is 0 Å². The van der Waals surface area contributed by atoms with E-state index in [1.807, 2.05) is 0 Å². The molecule has 1 aliphatic rings. The molecule has 0 bridgehead atoms. The Labute approximate surface area is 126 Å². The van der Waals surface area contributed by atoms with Gasteiger partial charge in [-0.15, -0.1) is 11.6 Å². The lowest BCUT2D eigenvalue weighted by Gasteiger charge is -2.26. The number of fused-ring (bicyclic) bond motifs is 1. The van der Waals surface area contributed by atoms with E-state index in [-0.39, 0.29) is 0 Å². The first-order valence-corrected chi connectivity index (χ1v) is 7.78. The van der Waals surface area contributed by atoms with Gasteiger partial charge in [-0.1, -0.05) is 42.0 Å². The molecule has 2 aromatic rings. The van der Waals surface area contributed by atoms with Crippen molar-refractivity contribution >= 4 is 17.3 Å². The monoisotopic (exact) mass is 285 g/mol. The Kier molecular flexibility index (Phi) is 3.98. The van der Waals surface area contributed by atoms with E-state index in [9.17, 15) is 0 Å². The van der Waals surface area contributed by atoms with Gasteiger partial charge in [-0.2, -0.15) is 0 Å². The molecule has 0 amide bonds. The Morgan fingerprint density at radius 3 is 2.70 bits per heavy atom. The van der Waals surface area contributed by atoms with Gasteiger partial charge in [-0.25, -0.2) is 0 Å². The van der Waals surface area contributed by atoms with Crippen LogP contribution in [0.25, 0.3) is 0 Å². The molecule has 0 unspecified atom stereocenters. The van der Waals surface area contributed by atoms with Crippen LogP contribution in [0.5, 0.6) is 0 Å². The Hall–Kier alpha value is -1.47. The summed E-state index contributed by atoms with van der Waals surface area (Å²) in [5.74, 6) is 0.579. The molecule has 0 radical (unpaired) electrons. The second kappa shape index (κ2) is 5.88. The van der Waals surface area contributed by atoms with Crippen molar-refractivity contribution in [2.24, 2.45) is 0 Å². The first-order valence-electron chi connectivity index (χ1n) is 7.25. The van der Waals surface area contributed by atoms with E-state index in [0.717, 1.165) is 13.1 Å². The number of aryl methyl sites for hydroxylation is 2. The summed E-state index contributed by atoms with van der Waals surface area (Å²) in [6, 6.07) is 15.4. The fraction of sp³-hybridized carbons (Fsp3) is 0.333. The number of anilines is 1. The van der Waals surface area contributed by atoms with Crippen molar-refractivity contribution in [3.8, 4) is 0 Å². The van der Waals surface area contributed by atoms with Crippen molar-refractivity contribution in [1.29, 1.82) is 0 Å². The summed E-state index contributed by atoms with van der Waals surface area (Å²) in [6.45, 7) is 4.21. The number of halogens is 1. The van der Waals surface area contributed by atoms with Gasteiger partial charge in [-0.05, 0) is 42.5 Å². The molecule has 0 atom stereocenters. The maximum Gasteiger partial charge on any atom is 0.0494 e. The highest BCUT2D eigenvalue weighted by molar-refractivity contribution is 6.17. The number of hydrogen-bond donors (Lipinski definition) is 0. The highest BCUT2D eigenvalue weighted by Gasteiger charge is 2.16. The van der Waals surface area contributed by atoms with Crippen LogP contribution < -0.4 is 4.90 Å². The lowest BCUT2D eigenvalue weighted by atomic mass is 10.0. The molecule has 0 saturated heterocycles. The van der Waals surface area contributed by atoms with Gasteiger partial charge in [-0.3, -0.25) is 0 Å². The van der Waals surface area contributed by atoms with Crippen molar-refractivity contribution in [3.63, 3.8) is 0 Å². The molecule has 1 nitrogen and oxygen atoms in total. The highest BCUT2D eigenvalue weighted by Crippen LogP contribution is 2.28. The molecular weight excluding hydrogens is 266 g/mol. The van der Waals surface area contributed by atoms with E-state index in [2.05, 4.69) is 54.3 Å². The molecule has 2 heteroatoms. The van der Waals surface area contributed by atoms with Crippen molar-refractivity contribution in [3.05, 3.63) is 64.7 Å². The third-order valence-corrected chi connectivity index (χ3v) is 4.36. The summed E-state index contributed by atoms with van der Waals surface area (Å²) in [6.07, 6.45) is 2.38. The summed E-state index contributed by atoms with van der Waals surface area (Å²) < 4.78 is 0. The summed E-state index contributed by atoms with van der Waals surface area (Å²) >= 11 is 6.14. The molecule has 0 aromatic heterocycles. The van der Waals surface area contributed by atoms with Gasteiger partial charge >= 0.3 is 0 Å². The van der Waals surface area contributed by atoms with Crippen LogP contribution in [0.3, 0.4) is 0 Å². The van der Waals surface area contributed by atoms with Crippen LogP contribution in [0, 0.1) is 6.92 Å². The Balaban J connectivity index is 1.95. The minimum absolute atomic E-state index is 0.579. The van der Waals surface area contributed by atoms with Crippen molar-refractivity contribution in [1.82, 2.24) is 0 Å². The van der Waals surface area contributed by atoms with E-state index in [1.165, 1.54) is 40.8 Å². The Bertz CT molecular complexity index is 606. The Morgan fingerprint density at radius 2 is 1.90 bits per heavy atom. The maximum absolute atomic E-state index is 6.14. The molecule has 3 rings (SSSR count). The maximum atomic E-state index is 6.14. The average molecular weight is 286 g/mol. The predicted octanol–water partition coefficient (Wildman–Crippen LogP) is 4.69. The van der Waals surface area contributed by atoms with E-state index in [0.29, 0.717) is 5.88 Å². The summed E-state index contributed by atoms with van der Waals surface area (Å²) in [7, 11) is 0. The zero-order chi connectivity index (χ0) is 13.9. The number of nitrogens with zero attached hydrogens (tertiary/aromatic N) is 1. The van der Waals surface area contributed by atoms with E-state index < -0.39 is 0 Å². The lowest BCUT2D eigenvalue weighted by Crippen LogP contribution is -2.23. The number of rotatable bonds is 2. The molecule has 104 valence electrons. The quantitative estimate of drug-likeness (QED) is 0.724. The molecule has 0 aliphatic carbocycles. The molecule has 0 fully saturated rings. The highest BCUT2D eigenvalue weighted by atomic mass is 35.5. The first-order chi connectivity index (χ1) is 9.78. The van der Waals surface area contributed by atoms with E-state index >= 15 is 0 Å². The third kappa shape index (κ3) is 2.69. The van der Waals surface area contributed by atoms with Crippen LogP contribution in [0.1, 0.15) is 28.7 Å². The van der Waals surface area contributed by atoms with Crippen LogP contribution in [0.4, 0.5) is 5.69 Å². The van der Waals surface area contributed by atoms with Crippen molar-refractivity contribution in [2.75, 3.05) is 11.4 Å². The van der Waals surface area contributed by atoms with Gasteiger partial charge in [0.2, 0.25) is 0 Å². The molecule has 0 saturated carbocycles. The lowest BCUT2D eigenvalue weighted by molar-refractivity contribution is 0.763. The van der Waals surface area contributed by atoms with Gasteiger partial charge in [0.1, 0.15) is 0 Å². The smallest absolute Gasteiger partial charge is 0.0494 e. The minimum Gasteiger partial charge on any atom is -0.367 e. The van der Waals surface area contributed by atoms with E-state index in [4.69, 9.17) is 11.6 Å². The normalized spacial score (nSPS) is 14.8. The minimum atomic E-state index is 0.579. The van der Waals surface area contributed by atoms with Crippen molar-refractivity contribution in [2.45, 2.75) is 32.2 Å². The fourth-order valence-electron chi connectivity index (χ4n) is 3.04. The van der Waals surface area contributed by atoms with Gasteiger partial charge in [0, 0.05) is 24.7 Å². The summed E-state index contributed by atoms with van der Waals surface area (Å²) in [4.78, 5) is 2.48. The molecule has 0 N–H and O–H groups in total. The molecular formula is C18H20ClN. The predicted molar refractivity (Wildman–Crippen MR) is 86.5 cm³/mol. The topological polar surface area (TPSA) is 3.24 Å². The molecule has 1 heterocycles. The second-order valence-corrected chi connectivity index (χ2v) is 5.83. The standard InChI is InChI=1S/C18H20ClN/c1-14-8-9-18(17(11-14)12-19)20-10-4-7-15-5-2-3-6-16(15)13-20/h2-3,5-6,8-9,11H,4,7,10,12-13H2,1H3. The molecule has 20 heavy (non-hydrogen) atoms. The van der Waals surface area contributed by atoms with Crippen LogP contribution in [0.2, 0.25) is 0 Å². The fourth-order valence-corrected chi connectivity index (χ4v) is 3.25. The van der Waals surface area contributed by atoms with Gasteiger partial charge < -0.3 is 4.90 Å². The number of benzene rings is 2. The number of alkyl halides is 1. The van der Waals surface area contributed by atoms with E-state index in [1.54, 1.807) is 0 Å². The zero-order valence-electron chi connectivity index (χ0n) is 11.9. The third-order valence-electron chi connectivity index (χ3n) is 4.07. The van der Waals surface area contributed by atoms with Crippen LogP contribution in [-0.4, -0.2) is 6.54 Å². The summed E-state index contributed by atoms with van der Waals surface area (Å²) in [5.41, 5.74) is 6.76. The second-order valence-electron chi connectivity index (χ2n) is 5.56. The Morgan fingerprint density at radius 1 is 1.10 bits per heavy atom.